The van der Waals surface area contributed by atoms with Crippen LogP contribution in [0.3, 0.4) is 0 Å². The lowest BCUT2D eigenvalue weighted by Crippen LogP contribution is -1.85. The van der Waals surface area contributed by atoms with Crippen LogP contribution in [0.1, 0.15) is 11.1 Å². The molecule has 0 aliphatic heterocycles. The Labute approximate surface area is 122 Å². The highest BCUT2D eigenvalue weighted by Crippen LogP contribution is 2.30. The third-order valence-electron chi connectivity index (χ3n) is 3.54. The monoisotopic (exact) mass is 280 g/mol. The molecule has 106 valence electrons. The first kappa shape index (κ1) is 13.2. The first-order chi connectivity index (χ1) is 10.0. The molecule has 4 nitrogen and oxygen atoms in total. The van der Waals surface area contributed by atoms with Crippen LogP contribution in [0.2, 0.25) is 0 Å². The van der Waals surface area contributed by atoms with Crippen LogP contribution < -0.4 is 0 Å². The number of hydrogen-bond acceptors (Lipinski definition) is 3. The molecule has 0 atom stereocenters. The number of H-pyrrole nitrogens is 1. The molecule has 0 saturated heterocycles. The summed E-state index contributed by atoms with van der Waals surface area (Å²) in [7, 11) is 0. The van der Waals surface area contributed by atoms with E-state index in [1.807, 2.05) is 44.2 Å². The van der Waals surface area contributed by atoms with Gasteiger partial charge in [-0.05, 0) is 73.0 Å². The van der Waals surface area contributed by atoms with E-state index >= 15 is 0 Å². The Morgan fingerprint density at radius 1 is 0.857 bits per heavy atom. The molecule has 0 spiro atoms. The molecule has 0 radical (unpaired) electrons. The standard InChI is InChI=1S/C17H16N2O2/c1-10-7-13(8-11(2)17(10)21)16-9-15(18-19-16)12-3-5-14(20)6-4-12/h3-9,20-21H,1-2H3,(H,18,19). The highest BCUT2D eigenvalue weighted by atomic mass is 16.3. The number of phenolic OH excluding ortho intramolecular Hbond substituents is 2. The summed E-state index contributed by atoms with van der Waals surface area (Å²) in [5, 5.41) is 26.5. The highest BCUT2D eigenvalue weighted by Gasteiger charge is 2.09. The third kappa shape index (κ3) is 2.48. The summed E-state index contributed by atoms with van der Waals surface area (Å²) in [6, 6.07) is 12.7. The largest absolute Gasteiger partial charge is 0.508 e. The molecule has 1 aromatic heterocycles. The summed E-state index contributed by atoms with van der Waals surface area (Å²) in [6.45, 7) is 3.75. The molecule has 0 fully saturated rings. The number of benzene rings is 2. The van der Waals surface area contributed by atoms with Gasteiger partial charge in [0.1, 0.15) is 11.5 Å². The zero-order valence-corrected chi connectivity index (χ0v) is 11.9. The number of aromatic nitrogens is 2. The van der Waals surface area contributed by atoms with Crippen molar-refractivity contribution >= 4 is 0 Å². The summed E-state index contributed by atoms with van der Waals surface area (Å²) >= 11 is 0. The van der Waals surface area contributed by atoms with Crippen LogP contribution in [0, 0.1) is 13.8 Å². The summed E-state index contributed by atoms with van der Waals surface area (Å²) < 4.78 is 0. The van der Waals surface area contributed by atoms with E-state index in [4.69, 9.17) is 0 Å². The van der Waals surface area contributed by atoms with E-state index in [-0.39, 0.29) is 5.75 Å². The zero-order valence-electron chi connectivity index (χ0n) is 11.9. The van der Waals surface area contributed by atoms with Gasteiger partial charge in [-0.25, -0.2) is 0 Å². The summed E-state index contributed by atoms with van der Waals surface area (Å²) in [5.41, 5.74) is 5.29. The van der Waals surface area contributed by atoms with Crippen molar-refractivity contribution in [3.63, 3.8) is 0 Å². The predicted octanol–water partition coefficient (Wildman–Crippen LogP) is 3.77. The van der Waals surface area contributed by atoms with Crippen molar-refractivity contribution in [2.45, 2.75) is 13.8 Å². The lowest BCUT2D eigenvalue weighted by molar-refractivity contribution is 0.467. The van der Waals surface area contributed by atoms with Gasteiger partial charge in [-0.3, -0.25) is 5.10 Å². The fraction of sp³-hybridized carbons (Fsp3) is 0.118. The van der Waals surface area contributed by atoms with E-state index in [1.165, 1.54) is 0 Å². The number of aromatic hydroxyl groups is 2. The maximum absolute atomic E-state index is 9.83. The Balaban J connectivity index is 2.00. The van der Waals surface area contributed by atoms with Crippen LogP contribution >= 0.6 is 0 Å². The minimum Gasteiger partial charge on any atom is -0.508 e. The Bertz CT molecular complexity index is 766. The number of nitrogens with one attached hydrogen (secondary N) is 1. The minimum absolute atomic E-state index is 0.239. The van der Waals surface area contributed by atoms with Gasteiger partial charge in [-0.2, -0.15) is 5.10 Å². The van der Waals surface area contributed by atoms with Gasteiger partial charge < -0.3 is 10.2 Å². The van der Waals surface area contributed by atoms with Crippen molar-refractivity contribution in [1.82, 2.24) is 10.2 Å². The van der Waals surface area contributed by atoms with Crippen LogP contribution in [-0.4, -0.2) is 20.4 Å². The number of phenols is 2. The fourth-order valence-electron chi connectivity index (χ4n) is 2.36. The Kier molecular flexibility index (Phi) is 3.14. The van der Waals surface area contributed by atoms with E-state index in [2.05, 4.69) is 10.2 Å². The van der Waals surface area contributed by atoms with E-state index in [0.717, 1.165) is 33.6 Å². The summed E-state index contributed by atoms with van der Waals surface area (Å²) in [6.07, 6.45) is 0. The van der Waals surface area contributed by atoms with Gasteiger partial charge in [-0.1, -0.05) is 0 Å². The Hall–Kier alpha value is -2.75. The van der Waals surface area contributed by atoms with Crippen molar-refractivity contribution in [3.05, 3.63) is 53.6 Å². The summed E-state index contributed by atoms with van der Waals surface area (Å²) in [4.78, 5) is 0. The molecule has 0 aliphatic carbocycles. The molecule has 3 aromatic rings. The van der Waals surface area contributed by atoms with Crippen LogP contribution in [0.15, 0.2) is 42.5 Å². The first-order valence-corrected chi connectivity index (χ1v) is 6.70. The maximum atomic E-state index is 9.83. The number of rotatable bonds is 2. The van der Waals surface area contributed by atoms with E-state index in [1.54, 1.807) is 12.1 Å². The molecule has 0 aliphatic rings. The van der Waals surface area contributed by atoms with Gasteiger partial charge in [-0.15, -0.1) is 0 Å². The van der Waals surface area contributed by atoms with E-state index in [9.17, 15) is 10.2 Å². The van der Waals surface area contributed by atoms with Gasteiger partial charge in [0.05, 0.1) is 11.4 Å². The van der Waals surface area contributed by atoms with Crippen LogP contribution in [0.4, 0.5) is 0 Å². The van der Waals surface area contributed by atoms with Gasteiger partial charge in [0, 0.05) is 5.56 Å². The quantitative estimate of drug-likeness (QED) is 0.669. The van der Waals surface area contributed by atoms with Crippen LogP contribution in [0.5, 0.6) is 11.5 Å². The van der Waals surface area contributed by atoms with Crippen LogP contribution in [0.25, 0.3) is 22.5 Å². The molecule has 0 saturated carbocycles. The fourth-order valence-corrected chi connectivity index (χ4v) is 2.36. The average Bonchev–Trinajstić information content (AvgIpc) is 2.95. The van der Waals surface area contributed by atoms with Crippen molar-refractivity contribution in [2.75, 3.05) is 0 Å². The molecule has 3 rings (SSSR count). The van der Waals surface area contributed by atoms with Crippen molar-refractivity contribution < 1.29 is 10.2 Å². The van der Waals surface area contributed by atoms with Gasteiger partial charge in [0.2, 0.25) is 0 Å². The van der Waals surface area contributed by atoms with Gasteiger partial charge >= 0.3 is 0 Å². The molecule has 0 bridgehead atoms. The molecular weight excluding hydrogens is 264 g/mol. The first-order valence-electron chi connectivity index (χ1n) is 6.70. The summed E-state index contributed by atoms with van der Waals surface area (Å²) in [5.74, 6) is 0.566. The Morgan fingerprint density at radius 2 is 1.48 bits per heavy atom. The van der Waals surface area contributed by atoms with Crippen LogP contribution in [-0.2, 0) is 0 Å². The Morgan fingerprint density at radius 3 is 2.10 bits per heavy atom. The second-order valence-electron chi connectivity index (χ2n) is 5.17. The van der Waals surface area contributed by atoms with Gasteiger partial charge in [0.25, 0.3) is 0 Å². The number of nitrogens with zero attached hydrogens (tertiary/aromatic N) is 1. The highest BCUT2D eigenvalue weighted by molar-refractivity contribution is 5.70. The molecule has 0 amide bonds. The lowest BCUT2D eigenvalue weighted by Gasteiger charge is -2.05. The van der Waals surface area contributed by atoms with Crippen molar-refractivity contribution in [2.24, 2.45) is 0 Å². The smallest absolute Gasteiger partial charge is 0.121 e. The van der Waals surface area contributed by atoms with E-state index in [0.29, 0.717) is 5.75 Å². The van der Waals surface area contributed by atoms with E-state index < -0.39 is 0 Å². The van der Waals surface area contributed by atoms with Gasteiger partial charge in [0.15, 0.2) is 0 Å². The lowest BCUT2D eigenvalue weighted by atomic mass is 10.0. The minimum atomic E-state index is 0.239. The molecule has 21 heavy (non-hydrogen) atoms. The van der Waals surface area contributed by atoms with Crippen molar-refractivity contribution in [1.29, 1.82) is 0 Å². The molecule has 2 aromatic carbocycles. The topological polar surface area (TPSA) is 69.1 Å². The normalized spacial score (nSPS) is 10.8. The zero-order chi connectivity index (χ0) is 15.0. The number of aryl methyl sites for hydroxylation is 2. The molecule has 3 N–H and O–H groups in total. The molecule has 1 heterocycles. The number of hydrogen-bond donors (Lipinski definition) is 3. The molecular formula is C17H16N2O2. The molecule has 0 unspecified atom stereocenters. The second-order valence-corrected chi connectivity index (χ2v) is 5.17. The number of aromatic amines is 1. The molecule has 4 heteroatoms. The maximum Gasteiger partial charge on any atom is 0.121 e. The average molecular weight is 280 g/mol. The SMILES string of the molecule is Cc1cc(-c2cc(-c3ccc(O)cc3)[nH]n2)cc(C)c1O. The third-order valence-corrected chi connectivity index (χ3v) is 3.54. The second kappa shape index (κ2) is 4.98. The predicted molar refractivity (Wildman–Crippen MR) is 82.3 cm³/mol. The van der Waals surface area contributed by atoms with Crippen molar-refractivity contribution in [3.8, 4) is 34.0 Å².